The maximum atomic E-state index is 12.0. The molecule has 17 heavy (non-hydrogen) atoms. The van der Waals surface area contributed by atoms with Crippen LogP contribution >= 0.6 is 0 Å². The topological polar surface area (TPSA) is 65.3 Å². The number of para-hydroxylation sites is 2. The van der Waals surface area contributed by atoms with Gasteiger partial charge in [0.2, 0.25) is 0 Å². The van der Waals surface area contributed by atoms with Gasteiger partial charge in [0.15, 0.2) is 11.3 Å². The van der Waals surface area contributed by atoms with Crippen molar-refractivity contribution in [3.63, 3.8) is 0 Å². The highest BCUT2D eigenvalue weighted by molar-refractivity contribution is 5.98. The van der Waals surface area contributed by atoms with Gasteiger partial charge >= 0.3 is 11.7 Å². The molecule has 5 nitrogen and oxygen atoms in total. The summed E-state index contributed by atoms with van der Waals surface area (Å²) in [6.45, 7) is 0. The molecule has 2 aromatic heterocycles. The standard InChI is InChI=1S/C12H7NO4/c14-11(10-6-3-7-16-10)13-8-4-1-2-5-9(8)17-12(13)15/h1-7H. The third kappa shape index (κ3) is 1.40. The molecule has 1 aromatic carbocycles. The highest BCUT2D eigenvalue weighted by Crippen LogP contribution is 2.13. The van der Waals surface area contributed by atoms with E-state index >= 15 is 0 Å². The molecule has 3 rings (SSSR count). The van der Waals surface area contributed by atoms with Crippen molar-refractivity contribution in [1.82, 2.24) is 4.57 Å². The summed E-state index contributed by atoms with van der Waals surface area (Å²) in [5.41, 5.74) is 0.802. The predicted octanol–water partition coefficient (Wildman–Crippen LogP) is 1.88. The van der Waals surface area contributed by atoms with Crippen molar-refractivity contribution in [2.45, 2.75) is 0 Å². The van der Waals surface area contributed by atoms with Gasteiger partial charge in [0, 0.05) is 0 Å². The number of oxazole rings is 1. The maximum Gasteiger partial charge on any atom is 0.427 e. The Labute approximate surface area is 94.9 Å². The van der Waals surface area contributed by atoms with Crippen molar-refractivity contribution >= 4 is 17.0 Å². The van der Waals surface area contributed by atoms with Gasteiger partial charge in [-0.2, -0.15) is 0 Å². The van der Waals surface area contributed by atoms with Gasteiger partial charge in [-0.05, 0) is 24.3 Å². The highest BCUT2D eigenvalue weighted by atomic mass is 16.4. The van der Waals surface area contributed by atoms with Crippen LogP contribution < -0.4 is 5.76 Å². The van der Waals surface area contributed by atoms with Gasteiger partial charge in [-0.15, -0.1) is 0 Å². The van der Waals surface area contributed by atoms with E-state index in [2.05, 4.69) is 0 Å². The molecule has 3 aromatic rings. The molecule has 0 atom stereocenters. The van der Waals surface area contributed by atoms with Crippen molar-refractivity contribution < 1.29 is 13.6 Å². The molecule has 5 heteroatoms. The van der Waals surface area contributed by atoms with Gasteiger partial charge in [-0.25, -0.2) is 9.36 Å². The fraction of sp³-hybridized carbons (Fsp3) is 0. The Bertz CT molecular complexity index is 733. The van der Waals surface area contributed by atoms with E-state index in [0.29, 0.717) is 11.1 Å². The normalized spacial score (nSPS) is 10.8. The van der Waals surface area contributed by atoms with Gasteiger partial charge in [-0.3, -0.25) is 4.79 Å². The Hall–Kier alpha value is -2.56. The van der Waals surface area contributed by atoms with Crippen molar-refractivity contribution in [2.75, 3.05) is 0 Å². The van der Waals surface area contributed by atoms with Gasteiger partial charge in [0.25, 0.3) is 0 Å². The second kappa shape index (κ2) is 3.48. The molecular formula is C12H7NO4. The monoisotopic (exact) mass is 229 g/mol. The lowest BCUT2D eigenvalue weighted by molar-refractivity contribution is 0.0929. The van der Waals surface area contributed by atoms with Crippen molar-refractivity contribution in [2.24, 2.45) is 0 Å². The first-order chi connectivity index (χ1) is 8.27. The summed E-state index contributed by atoms with van der Waals surface area (Å²) in [5, 5.41) is 0. The van der Waals surface area contributed by atoms with E-state index in [9.17, 15) is 9.59 Å². The Morgan fingerprint density at radius 1 is 1.12 bits per heavy atom. The lowest BCUT2D eigenvalue weighted by atomic mass is 10.3. The number of hydrogen-bond donors (Lipinski definition) is 0. The molecular weight excluding hydrogens is 222 g/mol. The Morgan fingerprint density at radius 3 is 2.71 bits per heavy atom. The van der Waals surface area contributed by atoms with E-state index < -0.39 is 11.7 Å². The molecule has 0 amide bonds. The van der Waals surface area contributed by atoms with Crippen LogP contribution in [0.4, 0.5) is 0 Å². The van der Waals surface area contributed by atoms with Crippen LogP contribution in [0.1, 0.15) is 10.6 Å². The van der Waals surface area contributed by atoms with Crippen molar-refractivity contribution in [3.8, 4) is 0 Å². The van der Waals surface area contributed by atoms with E-state index in [1.54, 1.807) is 30.3 Å². The van der Waals surface area contributed by atoms with E-state index in [-0.39, 0.29) is 5.76 Å². The number of furan rings is 1. The van der Waals surface area contributed by atoms with E-state index in [0.717, 1.165) is 4.57 Å². The number of hydrogen-bond acceptors (Lipinski definition) is 4. The number of carbonyl (C=O) groups excluding carboxylic acids is 1. The molecule has 0 radical (unpaired) electrons. The fourth-order valence-corrected chi connectivity index (χ4v) is 1.67. The first-order valence-electron chi connectivity index (χ1n) is 4.96. The summed E-state index contributed by atoms with van der Waals surface area (Å²) in [6.07, 6.45) is 1.38. The zero-order valence-corrected chi connectivity index (χ0v) is 8.62. The number of nitrogens with zero attached hydrogens (tertiary/aromatic N) is 1. The smallest absolute Gasteiger partial charge is 0.427 e. The van der Waals surface area contributed by atoms with Gasteiger partial charge in [-0.1, -0.05) is 12.1 Å². The van der Waals surface area contributed by atoms with E-state index in [1.807, 2.05) is 0 Å². The summed E-state index contributed by atoms with van der Waals surface area (Å²) >= 11 is 0. The van der Waals surface area contributed by atoms with Crippen LogP contribution in [0.15, 0.2) is 56.3 Å². The average Bonchev–Trinajstić information content (AvgIpc) is 2.94. The lowest BCUT2D eigenvalue weighted by Crippen LogP contribution is -2.22. The molecule has 0 unspecified atom stereocenters. The zero-order valence-electron chi connectivity index (χ0n) is 8.62. The third-order valence-corrected chi connectivity index (χ3v) is 2.42. The number of rotatable bonds is 1. The van der Waals surface area contributed by atoms with Crippen LogP contribution in [-0.4, -0.2) is 10.5 Å². The number of carbonyl (C=O) groups is 1. The minimum Gasteiger partial charge on any atom is -0.459 e. The third-order valence-electron chi connectivity index (χ3n) is 2.42. The summed E-state index contributed by atoms with van der Waals surface area (Å²) in [5.74, 6) is -1.16. The molecule has 84 valence electrons. The van der Waals surface area contributed by atoms with Crippen LogP contribution in [0, 0.1) is 0 Å². The number of aromatic nitrogens is 1. The summed E-state index contributed by atoms with van der Waals surface area (Å²) in [4.78, 5) is 23.6. The van der Waals surface area contributed by atoms with Crippen molar-refractivity contribution in [3.05, 3.63) is 59.0 Å². The van der Waals surface area contributed by atoms with Gasteiger partial charge in [0.05, 0.1) is 11.8 Å². The summed E-state index contributed by atoms with van der Waals surface area (Å²) in [6, 6.07) is 9.80. The Kier molecular flexibility index (Phi) is 1.98. The van der Waals surface area contributed by atoms with Crippen LogP contribution in [0.5, 0.6) is 0 Å². The summed E-state index contributed by atoms with van der Waals surface area (Å²) in [7, 11) is 0. The second-order valence-corrected chi connectivity index (χ2v) is 3.45. The first-order valence-corrected chi connectivity index (χ1v) is 4.96. The van der Waals surface area contributed by atoms with Crippen LogP contribution in [0.2, 0.25) is 0 Å². The molecule has 0 bridgehead atoms. The quantitative estimate of drug-likeness (QED) is 0.639. The molecule has 0 spiro atoms. The van der Waals surface area contributed by atoms with Gasteiger partial charge < -0.3 is 8.83 Å². The second-order valence-electron chi connectivity index (χ2n) is 3.45. The molecule has 0 N–H and O–H groups in total. The Balaban J connectivity index is 2.27. The lowest BCUT2D eigenvalue weighted by Gasteiger charge is -1.96. The first kappa shape index (κ1) is 9.65. The van der Waals surface area contributed by atoms with Crippen LogP contribution in [0.3, 0.4) is 0 Å². The van der Waals surface area contributed by atoms with E-state index in [1.165, 1.54) is 12.3 Å². The zero-order chi connectivity index (χ0) is 11.8. The van der Waals surface area contributed by atoms with E-state index in [4.69, 9.17) is 8.83 Å². The predicted molar refractivity (Wildman–Crippen MR) is 58.9 cm³/mol. The molecule has 0 fully saturated rings. The fourth-order valence-electron chi connectivity index (χ4n) is 1.67. The van der Waals surface area contributed by atoms with Crippen LogP contribution in [-0.2, 0) is 0 Å². The summed E-state index contributed by atoms with van der Waals surface area (Å²) < 4.78 is 10.9. The molecule has 0 saturated heterocycles. The minimum atomic E-state index is -0.715. The maximum absolute atomic E-state index is 12.0. The number of benzene rings is 1. The average molecular weight is 229 g/mol. The molecule has 2 heterocycles. The van der Waals surface area contributed by atoms with Gasteiger partial charge in [0.1, 0.15) is 0 Å². The number of fused-ring (bicyclic) bond motifs is 1. The molecule has 0 saturated carbocycles. The molecule has 0 aliphatic carbocycles. The molecule has 0 aliphatic rings. The SMILES string of the molecule is O=C(c1ccco1)n1c(=O)oc2ccccc21. The highest BCUT2D eigenvalue weighted by Gasteiger charge is 2.18. The largest absolute Gasteiger partial charge is 0.459 e. The molecule has 0 aliphatic heterocycles. The van der Waals surface area contributed by atoms with Crippen LogP contribution in [0.25, 0.3) is 11.1 Å². The van der Waals surface area contributed by atoms with Crippen molar-refractivity contribution in [1.29, 1.82) is 0 Å². The minimum absolute atomic E-state index is 0.0960. The Morgan fingerprint density at radius 2 is 1.94 bits per heavy atom.